The largest absolute Gasteiger partial charge is 0.372 e. The molecule has 2 nitrogen and oxygen atoms in total. The molecule has 0 spiro atoms. The first-order chi connectivity index (χ1) is 7.38. The van der Waals surface area contributed by atoms with Crippen LogP contribution in [0.15, 0.2) is 30.3 Å². The van der Waals surface area contributed by atoms with Crippen LogP contribution in [-0.2, 0) is 11.3 Å². The minimum absolute atomic E-state index is 0.00854. The molecule has 15 heavy (non-hydrogen) atoms. The molecule has 0 bridgehead atoms. The SMILES string of the molecule is FCC1CC(OCc2ccccc2)CN1. The van der Waals surface area contributed by atoms with Crippen LogP contribution in [0.1, 0.15) is 12.0 Å². The molecular weight excluding hydrogens is 193 g/mol. The number of alkyl halides is 1. The van der Waals surface area contributed by atoms with Gasteiger partial charge in [-0.1, -0.05) is 30.3 Å². The van der Waals surface area contributed by atoms with Crippen LogP contribution in [0, 0.1) is 0 Å². The van der Waals surface area contributed by atoms with E-state index in [1.807, 2.05) is 30.3 Å². The Bertz CT molecular complexity index is 291. The standard InChI is InChI=1S/C12H16FNO/c13-7-11-6-12(8-14-11)15-9-10-4-2-1-3-5-10/h1-5,11-12,14H,6-9H2. The molecule has 1 aromatic carbocycles. The molecule has 2 atom stereocenters. The topological polar surface area (TPSA) is 21.3 Å². The van der Waals surface area contributed by atoms with Gasteiger partial charge < -0.3 is 10.1 Å². The molecule has 0 aromatic heterocycles. The highest BCUT2D eigenvalue weighted by atomic mass is 19.1. The first-order valence-electron chi connectivity index (χ1n) is 5.33. The van der Waals surface area contributed by atoms with E-state index in [-0.39, 0.29) is 18.8 Å². The maximum Gasteiger partial charge on any atom is 0.105 e. The molecule has 0 aliphatic carbocycles. The molecule has 82 valence electrons. The number of hydrogen-bond acceptors (Lipinski definition) is 2. The zero-order valence-electron chi connectivity index (χ0n) is 8.66. The zero-order valence-corrected chi connectivity index (χ0v) is 8.66. The Balaban J connectivity index is 1.75. The van der Waals surface area contributed by atoms with Gasteiger partial charge in [0.1, 0.15) is 6.67 Å². The summed E-state index contributed by atoms with van der Waals surface area (Å²) in [6, 6.07) is 10.0. The third kappa shape index (κ3) is 3.01. The van der Waals surface area contributed by atoms with Crippen LogP contribution in [0.3, 0.4) is 0 Å². The van der Waals surface area contributed by atoms with E-state index in [1.54, 1.807) is 0 Å². The molecule has 1 aromatic rings. The lowest BCUT2D eigenvalue weighted by Gasteiger charge is -2.10. The Labute approximate surface area is 89.4 Å². The fourth-order valence-corrected chi connectivity index (χ4v) is 1.81. The monoisotopic (exact) mass is 209 g/mol. The molecule has 0 saturated carbocycles. The van der Waals surface area contributed by atoms with Crippen molar-refractivity contribution in [3.63, 3.8) is 0 Å². The summed E-state index contributed by atoms with van der Waals surface area (Å²) >= 11 is 0. The smallest absolute Gasteiger partial charge is 0.105 e. The second kappa shape index (κ2) is 5.24. The predicted molar refractivity (Wildman–Crippen MR) is 57.4 cm³/mol. The lowest BCUT2D eigenvalue weighted by atomic mass is 10.2. The van der Waals surface area contributed by atoms with Crippen molar-refractivity contribution in [2.45, 2.75) is 25.2 Å². The molecular formula is C12H16FNO. The molecule has 0 radical (unpaired) electrons. The van der Waals surface area contributed by atoms with Crippen LogP contribution < -0.4 is 5.32 Å². The third-order valence-corrected chi connectivity index (χ3v) is 2.70. The highest BCUT2D eigenvalue weighted by Crippen LogP contribution is 2.13. The predicted octanol–water partition coefficient (Wildman–Crippen LogP) is 1.90. The average molecular weight is 209 g/mol. The van der Waals surface area contributed by atoms with E-state index in [0.717, 1.165) is 13.0 Å². The van der Waals surface area contributed by atoms with E-state index < -0.39 is 0 Å². The number of hydrogen-bond donors (Lipinski definition) is 1. The summed E-state index contributed by atoms with van der Waals surface area (Å²) in [4.78, 5) is 0. The average Bonchev–Trinajstić information content (AvgIpc) is 2.76. The summed E-state index contributed by atoms with van der Waals surface area (Å²) in [6.07, 6.45) is 0.939. The van der Waals surface area contributed by atoms with Crippen LogP contribution in [0.2, 0.25) is 0 Å². The van der Waals surface area contributed by atoms with E-state index >= 15 is 0 Å². The fraction of sp³-hybridized carbons (Fsp3) is 0.500. The summed E-state index contributed by atoms with van der Waals surface area (Å²) in [6.45, 7) is 1.08. The van der Waals surface area contributed by atoms with Gasteiger partial charge >= 0.3 is 0 Å². The number of ether oxygens (including phenoxy) is 1. The van der Waals surface area contributed by atoms with Gasteiger partial charge in [-0.25, -0.2) is 4.39 Å². The fourth-order valence-electron chi connectivity index (χ4n) is 1.81. The van der Waals surface area contributed by atoms with Gasteiger partial charge in [0.25, 0.3) is 0 Å². The van der Waals surface area contributed by atoms with Crippen molar-refractivity contribution in [3.8, 4) is 0 Å². The van der Waals surface area contributed by atoms with Gasteiger partial charge in [-0.3, -0.25) is 0 Å². The summed E-state index contributed by atoms with van der Waals surface area (Å²) in [7, 11) is 0. The van der Waals surface area contributed by atoms with Crippen LogP contribution >= 0.6 is 0 Å². The highest BCUT2D eigenvalue weighted by Gasteiger charge is 2.24. The van der Waals surface area contributed by atoms with E-state index in [0.29, 0.717) is 6.61 Å². The molecule has 3 heteroatoms. The molecule has 1 N–H and O–H groups in total. The van der Waals surface area contributed by atoms with Crippen LogP contribution in [0.5, 0.6) is 0 Å². The van der Waals surface area contributed by atoms with Gasteiger partial charge in [0.05, 0.1) is 12.7 Å². The first-order valence-corrected chi connectivity index (χ1v) is 5.33. The summed E-state index contributed by atoms with van der Waals surface area (Å²) in [5.41, 5.74) is 1.17. The number of nitrogens with one attached hydrogen (secondary N) is 1. The third-order valence-electron chi connectivity index (χ3n) is 2.70. The Morgan fingerprint density at radius 3 is 2.80 bits per heavy atom. The summed E-state index contributed by atoms with van der Waals surface area (Å²) in [5.74, 6) is 0. The van der Waals surface area contributed by atoms with Crippen molar-refractivity contribution >= 4 is 0 Å². The zero-order chi connectivity index (χ0) is 10.5. The van der Waals surface area contributed by atoms with Gasteiger partial charge in [0.2, 0.25) is 0 Å². The van der Waals surface area contributed by atoms with E-state index in [9.17, 15) is 4.39 Å². The molecule has 2 rings (SSSR count). The second-order valence-electron chi connectivity index (χ2n) is 3.91. The van der Waals surface area contributed by atoms with E-state index in [4.69, 9.17) is 4.74 Å². The maximum atomic E-state index is 12.3. The normalized spacial score (nSPS) is 25.7. The van der Waals surface area contributed by atoms with E-state index in [2.05, 4.69) is 5.32 Å². The first kappa shape index (κ1) is 10.6. The van der Waals surface area contributed by atoms with Crippen molar-refractivity contribution in [3.05, 3.63) is 35.9 Å². The van der Waals surface area contributed by atoms with Crippen LogP contribution in [0.25, 0.3) is 0 Å². The summed E-state index contributed by atoms with van der Waals surface area (Å²) < 4.78 is 18.0. The minimum atomic E-state index is -0.300. The molecule has 2 unspecified atom stereocenters. The van der Waals surface area contributed by atoms with Gasteiger partial charge in [-0.15, -0.1) is 0 Å². The number of benzene rings is 1. The van der Waals surface area contributed by atoms with E-state index in [1.165, 1.54) is 5.56 Å². The Hall–Kier alpha value is -0.930. The molecule has 1 fully saturated rings. The maximum absolute atomic E-state index is 12.3. The quantitative estimate of drug-likeness (QED) is 0.817. The lowest BCUT2D eigenvalue weighted by Crippen LogP contribution is -2.23. The summed E-state index contributed by atoms with van der Waals surface area (Å²) in [5, 5.41) is 3.09. The van der Waals surface area contributed by atoms with Crippen molar-refractivity contribution in [2.75, 3.05) is 13.2 Å². The molecule has 1 saturated heterocycles. The number of halogens is 1. The molecule has 1 aliphatic heterocycles. The molecule has 0 amide bonds. The highest BCUT2D eigenvalue weighted by molar-refractivity contribution is 5.13. The van der Waals surface area contributed by atoms with Gasteiger partial charge in [-0.05, 0) is 12.0 Å². The van der Waals surface area contributed by atoms with Gasteiger partial charge in [0.15, 0.2) is 0 Å². The Morgan fingerprint density at radius 1 is 1.33 bits per heavy atom. The van der Waals surface area contributed by atoms with Gasteiger partial charge in [-0.2, -0.15) is 0 Å². The van der Waals surface area contributed by atoms with Crippen molar-refractivity contribution in [1.82, 2.24) is 5.32 Å². The second-order valence-corrected chi connectivity index (χ2v) is 3.91. The van der Waals surface area contributed by atoms with Crippen LogP contribution in [-0.4, -0.2) is 25.4 Å². The van der Waals surface area contributed by atoms with Crippen molar-refractivity contribution < 1.29 is 9.13 Å². The van der Waals surface area contributed by atoms with Crippen molar-refractivity contribution in [2.24, 2.45) is 0 Å². The van der Waals surface area contributed by atoms with Crippen LogP contribution in [0.4, 0.5) is 4.39 Å². The minimum Gasteiger partial charge on any atom is -0.372 e. The Kier molecular flexibility index (Phi) is 3.69. The number of rotatable bonds is 4. The van der Waals surface area contributed by atoms with Gasteiger partial charge in [0, 0.05) is 12.6 Å². The molecule has 1 aliphatic rings. The molecule has 1 heterocycles. The Morgan fingerprint density at radius 2 is 2.13 bits per heavy atom. The lowest BCUT2D eigenvalue weighted by molar-refractivity contribution is 0.0521. The van der Waals surface area contributed by atoms with Crippen molar-refractivity contribution in [1.29, 1.82) is 0 Å².